The SMILES string of the molecule is CCC(C)C(NC(=O)C(CC(C)C)NC(=O)C(N)CCC(=O)O)C(=O)NC(Cc1cnc[nH]1)C(=O)O. The van der Waals surface area contributed by atoms with Crippen molar-refractivity contribution in [3.63, 3.8) is 0 Å². The van der Waals surface area contributed by atoms with Gasteiger partial charge in [0.15, 0.2) is 0 Å². The van der Waals surface area contributed by atoms with Crippen molar-refractivity contribution in [2.24, 2.45) is 17.6 Å². The molecule has 13 heteroatoms. The molecule has 0 radical (unpaired) electrons. The minimum Gasteiger partial charge on any atom is -0.481 e. The monoisotopic (exact) mass is 510 g/mol. The molecule has 0 aromatic carbocycles. The van der Waals surface area contributed by atoms with Crippen molar-refractivity contribution >= 4 is 29.7 Å². The molecule has 1 heterocycles. The van der Waals surface area contributed by atoms with Crippen molar-refractivity contribution in [2.75, 3.05) is 0 Å². The summed E-state index contributed by atoms with van der Waals surface area (Å²) < 4.78 is 0. The van der Waals surface area contributed by atoms with Gasteiger partial charge in [-0.05, 0) is 24.7 Å². The molecule has 0 aliphatic heterocycles. The number of hydrogen-bond donors (Lipinski definition) is 7. The first-order chi connectivity index (χ1) is 16.8. The molecule has 1 rings (SSSR count). The van der Waals surface area contributed by atoms with E-state index in [-0.39, 0.29) is 37.5 Å². The van der Waals surface area contributed by atoms with Crippen LogP contribution in [0.1, 0.15) is 59.1 Å². The van der Waals surface area contributed by atoms with Gasteiger partial charge in [0.2, 0.25) is 17.7 Å². The van der Waals surface area contributed by atoms with Crippen molar-refractivity contribution in [2.45, 2.75) is 84.0 Å². The summed E-state index contributed by atoms with van der Waals surface area (Å²) in [6.07, 6.45) is 3.19. The second kappa shape index (κ2) is 14.8. The van der Waals surface area contributed by atoms with Crippen LogP contribution in [0.25, 0.3) is 0 Å². The molecule has 0 saturated heterocycles. The summed E-state index contributed by atoms with van der Waals surface area (Å²) in [5.41, 5.74) is 6.29. The summed E-state index contributed by atoms with van der Waals surface area (Å²) in [6.45, 7) is 7.27. The van der Waals surface area contributed by atoms with Gasteiger partial charge in [-0.15, -0.1) is 0 Å². The Bertz CT molecular complexity index is 890. The first kappa shape index (κ1) is 30.6. The molecule has 0 bridgehead atoms. The van der Waals surface area contributed by atoms with E-state index in [1.165, 1.54) is 12.5 Å². The molecule has 0 aliphatic carbocycles. The highest BCUT2D eigenvalue weighted by Gasteiger charge is 2.33. The molecule has 5 atom stereocenters. The van der Waals surface area contributed by atoms with Gasteiger partial charge in [-0.1, -0.05) is 34.1 Å². The number of carbonyl (C=O) groups is 5. The fraction of sp³-hybridized carbons (Fsp3) is 0.652. The number of aromatic nitrogens is 2. The minimum absolute atomic E-state index is 0.00188. The van der Waals surface area contributed by atoms with E-state index >= 15 is 0 Å². The summed E-state index contributed by atoms with van der Waals surface area (Å²) >= 11 is 0. The molecule has 1 aromatic rings. The Morgan fingerprint density at radius 3 is 2.14 bits per heavy atom. The summed E-state index contributed by atoms with van der Waals surface area (Å²) in [4.78, 5) is 67.8. The number of hydrogen-bond acceptors (Lipinski definition) is 7. The summed E-state index contributed by atoms with van der Waals surface area (Å²) in [6, 6.07) is -4.44. The lowest BCUT2D eigenvalue weighted by Crippen LogP contribution is -2.59. The van der Waals surface area contributed by atoms with Crippen LogP contribution in [0.5, 0.6) is 0 Å². The third-order valence-corrected chi connectivity index (χ3v) is 5.73. The largest absolute Gasteiger partial charge is 0.481 e. The molecule has 13 nitrogen and oxygen atoms in total. The van der Waals surface area contributed by atoms with E-state index in [2.05, 4.69) is 25.9 Å². The fourth-order valence-corrected chi connectivity index (χ4v) is 3.43. The van der Waals surface area contributed by atoms with Crippen molar-refractivity contribution in [3.05, 3.63) is 18.2 Å². The number of carbonyl (C=O) groups excluding carboxylic acids is 3. The summed E-state index contributed by atoms with van der Waals surface area (Å²) in [5.74, 6) is -4.65. The number of H-pyrrole nitrogens is 1. The zero-order chi connectivity index (χ0) is 27.4. The van der Waals surface area contributed by atoms with Crippen LogP contribution in [-0.4, -0.2) is 74.0 Å². The van der Waals surface area contributed by atoms with Crippen LogP contribution in [0, 0.1) is 11.8 Å². The standard InChI is InChI=1S/C23H38N6O7/c1-5-13(4)19(22(34)28-17(23(35)36)9-14-10-25-11-26-14)29-21(33)16(8-12(2)3)27-20(32)15(24)6-7-18(30)31/h10-13,15-17,19H,5-9,24H2,1-4H3,(H,25,26)(H,27,32)(H,28,34)(H,29,33)(H,30,31)(H,35,36). The fourth-order valence-electron chi connectivity index (χ4n) is 3.43. The second-order valence-corrected chi connectivity index (χ2v) is 9.28. The maximum atomic E-state index is 13.1. The number of rotatable bonds is 16. The van der Waals surface area contributed by atoms with Crippen molar-refractivity contribution in [3.8, 4) is 0 Å². The Hall–Kier alpha value is -3.48. The van der Waals surface area contributed by atoms with E-state index < -0.39 is 53.8 Å². The van der Waals surface area contributed by atoms with E-state index in [1.807, 2.05) is 20.8 Å². The van der Waals surface area contributed by atoms with Gasteiger partial charge in [0.1, 0.15) is 18.1 Å². The van der Waals surface area contributed by atoms with E-state index in [0.29, 0.717) is 12.1 Å². The van der Waals surface area contributed by atoms with Crippen LogP contribution in [0.3, 0.4) is 0 Å². The minimum atomic E-state index is -1.25. The molecule has 3 amide bonds. The van der Waals surface area contributed by atoms with Gasteiger partial charge in [-0.3, -0.25) is 19.2 Å². The first-order valence-corrected chi connectivity index (χ1v) is 11.9. The molecule has 0 aliphatic rings. The molecule has 8 N–H and O–H groups in total. The van der Waals surface area contributed by atoms with Crippen LogP contribution in [0.15, 0.2) is 12.5 Å². The highest BCUT2D eigenvalue weighted by molar-refractivity contribution is 5.94. The molecule has 0 saturated carbocycles. The van der Waals surface area contributed by atoms with Crippen LogP contribution in [0.2, 0.25) is 0 Å². The van der Waals surface area contributed by atoms with Gasteiger partial charge in [0.05, 0.1) is 12.4 Å². The second-order valence-electron chi connectivity index (χ2n) is 9.28. The van der Waals surface area contributed by atoms with Gasteiger partial charge < -0.3 is 36.9 Å². The van der Waals surface area contributed by atoms with E-state index in [4.69, 9.17) is 10.8 Å². The Labute approximate surface area is 210 Å². The van der Waals surface area contributed by atoms with Crippen LogP contribution < -0.4 is 21.7 Å². The molecule has 36 heavy (non-hydrogen) atoms. The van der Waals surface area contributed by atoms with Gasteiger partial charge in [0.25, 0.3) is 0 Å². The van der Waals surface area contributed by atoms with E-state index in [1.54, 1.807) is 6.92 Å². The van der Waals surface area contributed by atoms with Crippen LogP contribution in [-0.2, 0) is 30.4 Å². The molecular weight excluding hydrogens is 472 g/mol. The number of aromatic amines is 1. The highest BCUT2D eigenvalue weighted by atomic mass is 16.4. The van der Waals surface area contributed by atoms with Gasteiger partial charge in [0, 0.05) is 24.7 Å². The molecule has 202 valence electrons. The Kier molecular flexibility index (Phi) is 12.6. The number of imidazole rings is 1. The maximum Gasteiger partial charge on any atom is 0.326 e. The zero-order valence-corrected chi connectivity index (χ0v) is 21.1. The van der Waals surface area contributed by atoms with E-state index in [9.17, 15) is 29.1 Å². The lowest BCUT2D eigenvalue weighted by atomic mass is 9.96. The average Bonchev–Trinajstić information content (AvgIpc) is 3.31. The Morgan fingerprint density at radius 1 is 1.00 bits per heavy atom. The highest BCUT2D eigenvalue weighted by Crippen LogP contribution is 2.12. The van der Waals surface area contributed by atoms with Gasteiger partial charge in [-0.25, -0.2) is 9.78 Å². The number of aliphatic carboxylic acids is 2. The summed E-state index contributed by atoms with van der Waals surface area (Å²) in [7, 11) is 0. The number of carboxylic acid groups (broad SMARTS) is 2. The third kappa shape index (κ3) is 10.4. The number of carboxylic acids is 2. The quantitative estimate of drug-likeness (QED) is 0.156. The summed E-state index contributed by atoms with van der Waals surface area (Å²) in [5, 5.41) is 26.1. The van der Waals surface area contributed by atoms with E-state index in [0.717, 1.165) is 0 Å². The lowest BCUT2D eigenvalue weighted by molar-refractivity contribution is -0.142. The molecule has 0 fully saturated rings. The van der Waals surface area contributed by atoms with Crippen molar-refractivity contribution < 1.29 is 34.2 Å². The predicted molar refractivity (Wildman–Crippen MR) is 129 cm³/mol. The molecule has 0 spiro atoms. The smallest absolute Gasteiger partial charge is 0.326 e. The molecule has 5 unspecified atom stereocenters. The number of nitrogens with one attached hydrogen (secondary N) is 4. The Balaban J connectivity index is 2.98. The topological polar surface area (TPSA) is 217 Å². The molecular formula is C23H38N6O7. The third-order valence-electron chi connectivity index (χ3n) is 5.73. The van der Waals surface area contributed by atoms with Crippen LogP contribution >= 0.6 is 0 Å². The zero-order valence-electron chi connectivity index (χ0n) is 21.1. The maximum absolute atomic E-state index is 13.1. The number of amides is 3. The number of nitrogens with zero attached hydrogens (tertiary/aromatic N) is 1. The Morgan fingerprint density at radius 2 is 1.64 bits per heavy atom. The number of nitrogens with two attached hydrogens (primary N) is 1. The first-order valence-electron chi connectivity index (χ1n) is 11.9. The lowest BCUT2D eigenvalue weighted by Gasteiger charge is -2.28. The normalized spacial score (nSPS) is 15.3. The molecule has 1 aromatic heterocycles. The predicted octanol–water partition coefficient (Wildman–Crippen LogP) is -0.224. The average molecular weight is 511 g/mol. The van der Waals surface area contributed by atoms with Gasteiger partial charge >= 0.3 is 11.9 Å². The van der Waals surface area contributed by atoms with Gasteiger partial charge in [-0.2, -0.15) is 0 Å². The van der Waals surface area contributed by atoms with Crippen LogP contribution in [0.4, 0.5) is 0 Å². The van der Waals surface area contributed by atoms with Crippen molar-refractivity contribution in [1.29, 1.82) is 0 Å². The van der Waals surface area contributed by atoms with Crippen molar-refractivity contribution in [1.82, 2.24) is 25.9 Å².